The van der Waals surface area contributed by atoms with Gasteiger partial charge in [-0.2, -0.15) is 0 Å². The smallest absolute Gasteiger partial charge is 0.147 e. The number of benzene rings is 1. The van der Waals surface area contributed by atoms with Gasteiger partial charge in [-0.25, -0.2) is 8.42 Å². The van der Waals surface area contributed by atoms with Crippen molar-refractivity contribution in [3.63, 3.8) is 0 Å². The molecule has 0 amide bonds. The van der Waals surface area contributed by atoms with Gasteiger partial charge in [-0.3, -0.25) is 0 Å². The van der Waals surface area contributed by atoms with Crippen molar-refractivity contribution in [1.29, 1.82) is 0 Å². The first-order valence-corrected chi connectivity index (χ1v) is 8.31. The number of hydrogen-bond acceptors (Lipinski definition) is 3. The molecule has 102 valence electrons. The van der Waals surface area contributed by atoms with E-state index in [0.717, 1.165) is 5.56 Å². The third-order valence-corrected chi connectivity index (χ3v) is 4.01. The molecule has 0 saturated heterocycles. The quantitative estimate of drug-likeness (QED) is 0.864. The zero-order valence-corrected chi connectivity index (χ0v) is 12.1. The second-order valence-electron chi connectivity index (χ2n) is 5.11. The Morgan fingerprint density at radius 1 is 1.11 bits per heavy atom. The zero-order valence-electron chi connectivity index (χ0n) is 11.3. The van der Waals surface area contributed by atoms with E-state index >= 15 is 0 Å². The van der Waals surface area contributed by atoms with Crippen molar-refractivity contribution in [2.75, 3.05) is 12.0 Å². The van der Waals surface area contributed by atoms with Crippen LogP contribution in [0.3, 0.4) is 0 Å². The van der Waals surface area contributed by atoms with Crippen LogP contribution in [0.5, 0.6) is 0 Å². The van der Waals surface area contributed by atoms with Crippen molar-refractivity contribution in [2.24, 2.45) is 0 Å². The van der Waals surface area contributed by atoms with Gasteiger partial charge in [0.2, 0.25) is 0 Å². The Balaban J connectivity index is 2.54. The van der Waals surface area contributed by atoms with Crippen molar-refractivity contribution < 1.29 is 13.5 Å². The second-order valence-corrected chi connectivity index (χ2v) is 7.37. The molecule has 0 heterocycles. The summed E-state index contributed by atoms with van der Waals surface area (Å²) in [5.74, 6) is 0.607. The first-order valence-electron chi connectivity index (χ1n) is 6.25. The van der Waals surface area contributed by atoms with E-state index in [-0.39, 0.29) is 5.75 Å². The van der Waals surface area contributed by atoms with Gasteiger partial charge < -0.3 is 5.11 Å². The Morgan fingerprint density at radius 3 is 2.06 bits per heavy atom. The van der Waals surface area contributed by atoms with E-state index in [1.54, 1.807) is 0 Å². The number of aliphatic hydroxyl groups is 1. The van der Waals surface area contributed by atoms with Gasteiger partial charge in [0.05, 0.1) is 6.10 Å². The first-order chi connectivity index (χ1) is 8.29. The van der Waals surface area contributed by atoms with Crippen LogP contribution in [0.2, 0.25) is 0 Å². The average molecular weight is 270 g/mol. The summed E-state index contributed by atoms with van der Waals surface area (Å²) >= 11 is 0. The monoisotopic (exact) mass is 270 g/mol. The highest BCUT2D eigenvalue weighted by Crippen LogP contribution is 2.21. The topological polar surface area (TPSA) is 54.4 Å². The minimum absolute atomic E-state index is 0.133. The fraction of sp³-hybridized carbons (Fsp3) is 0.571. The predicted molar refractivity (Wildman–Crippen MR) is 74.4 cm³/mol. The number of hydrogen-bond donors (Lipinski definition) is 1. The van der Waals surface area contributed by atoms with E-state index in [0.29, 0.717) is 18.8 Å². The first kappa shape index (κ1) is 15.2. The van der Waals surface area contributed by atoms with Crippen LogP contribution >= 0.6 is 0 Å². The predicted octanol–water partition coefficient (Wildman–Crippen LogP) is 2.67. The van der Waals surface area contributed by atoms with Gasteiger partial charge in [0.15, 0.2) is 0 Å². The van der Waals surface area contributed by atoms with Crippen molar-refractivity contribution in [3.8, 4) is 0 Å². The van der Waals surface area contributed by atoms with Crippen LogP contribution in [0.25, 0.3) is 0 Å². The summed E-state index contributed by atoms with van der Waals surface area (Å²) in [6.07, 6.45) is 1.62. The molecule has 0 aromatic heterocycles. The molecule has 1 rings (SSSR count). The molecule has 0 bridgehead atoms. The second kappa shape index (κ2) is 6.34. The van der Waals surface area contributed by atoms with Gasteiger partial charge in [0.1, 0.15) is 9.84 Å². The number of aliphatic hydroxyl groups excluding tert-OH is 1. The summed E-state index contributed by atoms with van der Waals surface area (Å²) in [6.45, 7) is 4.25. The standard InChI is InChI=1S/C14H22O3S/c1-11(2)12-6-8-13(9-7-12)14(15)5-4-10-18(3,16)17/h6-9,11,14-15H,4-5,10H2,1-3H3. The van der Waals surface area contributed by atoms with Gasteiger partial charge >= 0.3 is 0 Å². The maximum absolute atomic E-state index is 11.0. The largest absolute Gasteiger partial charge is 0.388 e. The molecule has 0 aliphatic heterocycles. The molecule has 0 saturated carbocycles. The summed E-state index contributed by atoms with van der Waals surface area (Å²) in [5, 5.41) is 9.95. The molecule has 0 fully saturated rings. The highest BCUT2D eigenvalue weighted by atomic mass is 32.2. The Kier molecular flexibility index (Phi) is 5.35. The summed E-state index contributed by atoms with van der Waals surface area (Å²) in [6, 6.07) is 7.86. The van der Waals surface area contributed by atoms with Crippen LogP contribution in [0.15, 0.2) is 24.3 Å². The molecule has 0 aliphatic rings. The molecule has 1 unspecified atom stereocenters. The Hall–Kier alpha value is -0.870. The van der Waals surface area contributed by atoms with Crippen LogP contribution in [-0.4, -0.2) is 25.5 Å². The van der Waals surface area contributed by atoms with Crippen LogP contribution in [0.1, 0.15) is 49.8 Å². The van der Waals surface area contributed by atoms with Crippen molar-refractivity contribution in [3.05, 3.63) is 35.4 Å². The molecule has 0 aliphatic carbocycles. The lowest BCUT2D eigenvalue weighted by Gasteiger charge is -2.12. The van der Waals surface area contributed by atoms with Crippen molar-refractivity contribution >= 4 is 9.84 Å². The zero-order chi connectivity index (χ0) is 13.8. The summed E-state index contributed by atoms with van der Waals surface area (Å²) in [4.78, 5) is 0. The molecule has 4 heteroatoms. The molecule has 1 aromatic carbocycles. The Bertz CT molecular complexity index is 460. The normalized spacial score (nSPS) is 13.8. The minimum Gasteiger partial charge on any atom is -0.388 e. The summed E-state index contributed by atoms with van der Waals surface area (Å²) < 4.78 is 22.0. The van der Waals surface area contributed by atoms with E-state index in [1.807, 2.05) is 24.3 Å². The van der Waals surface area contributed by atoms with Gasteiger partial charge in [-0.05, 0) is 29.9 Å². The van der Waals surface area contributed by atoms with Crippen molar-refractivity contribution in [2.45, 2.75) is 38.7 Å². The number of sulfone groups is 1. The van der Waals surface area contributed by atoms with Crippen LogP contribution < -0.4 is 0 Å². The van der Waals surface area contributed by atoms with Crippen LogP contribution in [-0.2, 0) is 9.84 Å². The Morgan fingerprint density at radius 2 is 1.61 bits per heavy atom. The molecule has 0 radical (unpaired) electrons. The average Bonchev–Trinajstić information content (AvgIpc) is 2.27. The molecular weight excluding hydrogens is 248 g/mol. The molecular formula is C14H22O3S. The highest BCUT2D eigenvalue weighted by molar-refractivity contribution is 7.90. The molecule has 1 aromatic rings. The Labute approximate surface area is 110 Å². The molecule has 18 heavy (non-hydrogen) atoms. The van der Waals surface area contributed by atoms with Crippen LogP contribution in [0.4, 0.5) is 0 Å². The lowest BCUT2D eigenvalue weighted by atomic mass is 9.99. The van der Waals surface area contributed by atoms with Crippen molar-refractivity contribution in [1.82, 2.24) is 0 Å². The lowest BCUT2D eigenvalue weighted by molar-refractivity contribution is 0.166. The van der Waals surface area contributed by atoms with E-state index in [1.165, 1.54) is 11.8 Å². The van der Waals surface area contributed by atoms with Gasteiger partial charge in [0.25, 0.3) is 0 Å². The highest BCUT2D eigenvalue weighted by Gasteiger charge is 2.10. The number of rotatable bonds is 6. The van der Waals surface area contributed by atoms with Gasteiger partial charge in [-0.1, -0.05) is 38.1 Å². The fourth-order valence-corrected chi connectivity index (χ4v) is 2.50. The van der Waals surface area contributed by atoms with Crippen LogP contribution in [0, 0.1) is 0 Å². The van der Waals surface area contributed by atoms with E-state index in [2.05, 4.69) is 13.8 Å². The SMILES string of the molecule is CC(C)c1ccc(C(O)CCCS(C)(=O)=O)cc1. The summed E-state index contributed by atoms with van der Waals surface area (Å²) in [5.41, 5.74) is 2.09. The molecule has 0 spiro atoms. The molecule has 1 N–H and O–H groups in total. The van der Waals surface area contributed by atoms with Gasteiger partial charge in [-0.15, -0.1) is 0 Å². The molecule has 3 nitrogen and oxygen atoms in total. The van der Waals surface area contributed by atoms with Gasteiger partial charge in [0, 0.05) is 12.0 Å². The summed E-state index contributed by atoms with van der Waals surface area (Å²) in [7, 11) is -2.93. The molecule has 1 atom stereocenters. The minimum atomic E-state index is -2.93. The third kappa shape index (κ3) is 5.19. The third-order valence-electron chi connectivity index (χ3n) is 2.98. The van der Waals surface area contributed by atoms with E-state index in [9.17, 15) is 13.5 Å². The van der Waals surface area contributed by atoms with E-state index < -0.39 is 15.9 Å². The maximum Gasteiger partial charge on any atom is 0.147 e. The maximum atomic E-state index is 11.0. The fourth-order valence-electron chi connectivity index (χ4n) is 1.81. The van der Waals surface area contributed by atoms with E-state index in [4.69, 9.17) is 0 Å². The lowest BCUT2D eigenvalue weighted by Crippen LogP contribution is -2.05.